The van der Waals surface area contributed by atoms with E-state index >= 15 is 0 Å². The lowest BCUT2D eigenvalue weighted by Crippen LogP contribution is -2.33. The average molecular weight is 371 g/mol. The zero-order valence-electron chi connectivity index (χ0n) is 9.23. The number of benzene rings is 1. The molecular formula is C12H9Br2N3O. The molecule has 1 atom stereocenters. The molecule has 0 saturated carbocycles. The van der Waals surface area contributed by atoms with E-state index in [0.717, 1.165) is 14.5 Å². The number of halogens is 2. The summed E-state index contributed by atoms with van der Waals surface area (Å²) in [7, 11) is 0. The van der Waals surface area contributed by atoms with Gasteiger partial charge in [0.15, 0.2) is 0 Å². The van der Waals surface area contributed by atoms with Gasteiger partial charge in [0.1, 0.15) is 11.9 Å². The van der Waals surface area contributed by atoms with E-state index in [1.165, 1.54) is 4.90 Å². The topological polar surface area (TPSA) is 58.7 Å². The van der Waals surface area contributed by atoms with Crippen LogP contribution in [0.3, 0.4) is 0 Å². The normalized spacial score (nSPS) is 18.7. The molecule has 0 bridgehead atoms. The Bertz CT molecular complexity index is 577. The van der Waals surface area contributed by atoms with Crippen LogP contribution in [0.5, 0.6) is 0 Å². The second-order valence-corrected chi connectivity index (χ2v) is 5.44. The van der Waals surface area contributed by atoms with Crippen molar-refractivity contribution in [3.05, 3.63) is 32.7 Å². The second kappa shape index (κ2) is 5.12. The number of amides is 2. The molecule has 1 aliphatic heterocycles. The van der Waals surface area contributed by atoms with E-state index in [-0.39, 0.29) is 12.4 Å². The van der Waals surface area contributed by atoms with Gasteiger partial charge in [0, 0.05) is 8.95 Å². The minimum Gasteiger partial charge on any atom is -0.385 e. The van der Waals surface area contributed by atoms with E-state index in [4.69, 9.17) is 12.2 Å². The summed E-state index contributed by atoms with van der Waals surface area (Å²) in [5, 5.41) is 0. The molecule has 2 rings (SSSR count). The maximum absolute atomic E-state index is 11.7. The molecule has 0 fully saturated rings. The van der Waals surface area contributed by atoms with Crippen LogP contribution in [0.2, 0.25) is 0 Å². The van der Waals surface area contributed by atoms with Crippen LogP contribution in [-0.4, -0.2) is 23.3 Å². The van der Waals surface area contributed by atoms with Gasteiger partial charge in [-0.25, -0.2) is 4.79 Å². The molecule has 92 valence electrons. The number of carbonyl (C=O) groups excluding carboxylic acids is 1. The largest absolute Gasteiger partial charge is 0.385 e. The number of rotatable bonds is 2. The van der Waals surface area contributed by atoms with Crippen molar-refractivity contribution in [2.24, 2.45) is 10.7 Å². The number of urea groups is 1. The third-order valence-corrected chi connectivity index (χ3v) is 4.46. The quantitative estimate of drug-likeness (QED) is 0.813. The molecule has 4 nitrogen and oxygen atoms in total. The predicted octanol–water partition coefficient (Wildman–Crippen LogP) is 2.68. The first-order valence-electron chi connectivity index (χ1n) is 5.07. The molecule has 0 aromatic heterocycles. The molecule has 0 radical (unpaired) electrons. The SMILES string of the molecule is C#CCN1C(=O)N=C(N)C1c1ccc(Br)c(Br)c1. The van der Waals surface area contributed by atoms with Crippen LogP contribution in [0.25, 0.3) is 0 Å². The zero-order valence-corrected chi connectivity index (χ0v) is 12.4. The minimum atomic E-state index is -0.394. The van der Waals surface area contributed by atoms with Crippen molar-refractivity contribution < 1.29 is 4.79 Å². The van der Waals surface area contributed by atoms with Gasteiger partial charge < -0.3 is 5.73 Å². The zero-order chi connectivity index (χ0) is 13.3. The monoisotopic (exact) mass is 369 g/mol. The third-order valence-electron chi connectivity index (χ3n) is 2.58. The van der Waals surface area contributed by atoms with E-state index in [9.17, 15) is 4.79 Å². The predicted molar refractivity (Wildman–Crippen MR) is 77.1 cm³/mol. The summed E-state index contributed by atoms with van der Waals surface area (Å²) in [6, 6.07) is 4.86. The molecule has 0 spiro atoms. The Morgan fingerprint density at radius 2 is 2.17 bits per heavy atom. The Balaban J connectivity index is 2.41. The molecule has 2 amide bonds. The van der Waals surface area contributed by atoms with E-state index < -0.39 is 12.1 Å². The number of amidine groups is 1. The lowest BCUT2D eigenvalue weighted by atomic mass is 10.1. The van der Waals surface area contributed by atoms with Crippen molar-refractivity contribution in [3.63, 3.8) is 0 Å². The Kier molecular flexibility index (Phi) is 3.73. The van der Waals surface area contributed by atoms with Crippen molar-refractivity contribution in [1.29, 1.82) is 0 Å². The summed E-state index contributed by atoms with van der Waals surface area (Å²) in [4.78, 5) is 16.9. The Morgan fingerprint density at radius 3 is 2.78 bits per heavy atom. The molecule has 1 unspecified atom stereocenters. The van der Waals surface area contributed by atoms with Crippen LogP contribution in [0.1, 0.15) is 11.6 Å². The average Bonchev–Trinajstić information content (AvgIpc) is 2.59. The van der Waals surface area contributed by atoms with E-state index in [1.54, 1.807) is 0 Å². The number of carbonyl (C=O) groups is 1. The van der Waals surface area contributed by atoms with Crippen LogP contribution < -0.4 is 5.73 Å². The molecule has 1 heterocycles. The molecule has 18 heavy (non-hydrogen) atoms. The van der Waals surface area contributed by atoms with E-state index in [1.807, 2.05) is 18.2 Å². The van der Waals surface area contributed by atoms with Gasteiger partial charge >= 0.3 is 6.03 Å². The Morgan fingerprint density at radius 1 is 1.44 bits per heavy atom. The highest BCUT2D eigenvalue weighted by Crippen LogP contribution is 2.31. The van der Waals surface area contributed by atoms with Crippen molar-refractivity contribution >= 4 is 43.7 Å². The Labute approximate surface area is 122 Å². The lowest BCUT2D eigenvalue weighted by molar-refractivity contribution is 0.213. The van der Waals surface area contributed by atoms with Gasteiger partial charge in [-0.3, -0.25) is 4.90 Å². The molecule has 1 aromatic carbocycles. The summed E-state index contributed by atoms with van der Waals surface area (Å²) in [6.45, 7) is 0.182. The molecule has 2 N–H and O–H groups in total. The first kappa shape index (κ1) is 13.1. The smallest absolute Gasteiger partial charge is 0.346 e. The maximum atomic E-state index is 11.7. The first-order chi connectivity index (χ1) is 8.54. The van der Waals surface area contributed by atoms with Crippen molar-refractivity contribution in [2.45, 2.75) is 6.04 Å². The van der Waals surface area contributed by atoms with Gasteiger partial charge in [-0.1, -0.05) is 12.0 Å². The number of terminal acetylenes is 1. The highest BCUT2D eigenvalue weighted by Gasteiger charge is 2.34. The summed E-state index contributed by atoms with van der Waals surface area (Å²) in [6.07, 6.45) is 5.26. The second-order valence-electron chi connectivity index (χ2n) is 3.73. The fourth-order valence-corrected chi connectivity index (χ4v) is 2.44. The van der Waals surface area contributed by atoms with Crippen LogP contribution >= 0.6 is 31.9 Å². The maximum Gasteiger partial charge on any atom is 0.346 e. The highest BCUT2D eigenvalue weighted by molar-refractivity contribution is 9.13. The number of nitrogens with zero attached hydrogens (tertiary/aromatic N) is 2. The van der Waals surface area contributed by atoms with E-state index in [0.29, 0.717) is 0 Å². The molecule has 1 aliphatic rings. The number of nitrogens with two attached hydrogens (primary N) is 1. The fourth-order valence-electron chi connectivity index (χ4n) is 1.80. The van der Waals surface area contributed by atoms with Gasteiger partial charge in [0.05, 0.1) is 6.54 Å². The van der Waals surface area contributed by atoms with Crippen molar-refractivity contribution in [2.75, 3.05) is 6.54 Å². The fraction of sp³-hybridized carbons (Fsp3) is 0.167. The van der Waals surface area contributed by atoms with Gasteiger partial charge in [0.25, 0.3) is 0 Å². The minimum absolute atomic E-state index is 0.182. The highest BCUT2D eigenvalue weighted by atomic mass is 79.9. The van der Waals surface area contributed by atoms with Gasteiger partial charge in [-0.2, -0.15) is 4.99 Å². The molecule has 6 heteroatoms. The van der Waals surface area contributed by atoms with Gasteiger partial charge in [0.2, 0.25) is 0 Å². The standard InChI is InChI=1S/C12H9Br2N3O/c1-2-5-17-10(11(15)16-12(17)18)7-3-4-8(13)9(14)6-7/h1,3-4,6,10H,5H2,(H2,15,16,18). The van der Waals surface area contributed by atoms with Gasteiger partial charge in [-0.15, -0.1) is 6.42 Å². The van der Waals surface area contributed by atoms with Crippen LogP contribution in [-0.2, 0) is 0 Å². The van der Waals surface area contributed by atoms with Crippen molar-refractivity contribution in [3.8, 4) is 12.3 Å². The van der Waals surface area contributed by atoms with Crippen molar-refractivity contribution in [1.82, 2.24) is 4.90 Å². The number of hydrogen-bond acceptors (Lipinski definition) is 2. The molecule has 1 aromatic rings. The van der Waals surface area contributed by atoms with Crippen LogP contribution in [0.15, 0.2) is 32.1 Å². The summed E-state index contributed by atoms with van der Waals surface area (Å²) in [5.41, 5.74) is 6.67. The van der Waals surface area contributed by atoms with Crippen LogP contribution in [0.4, 0.5) is 4.79 Å². The molecule has 0 saturated heterocycles. The Hall–Kier alpha value is -1.32. The third kappa shape index (κ3) is 2.28. The molecular weight excluding hydrogens is 362 g/mol. The summed E-state index contributed by atoms with van der Waals surface area (Å²) in [5.74, 6) is 2.71. The number of hydrogen-bond donors (Lipinski definition) is 1. The lowest BCUT2D eigenvalue weighted by Gasteiger charge is -2.22. The summed E-state index contributed by atoms with van der Waals surface area (Å²) < 4.78 is 1.81. The van der Waals surface area contributed by atoms with E-state index in [2.05, 4.69) is 42.8 Å². The number of aliphatic imine (C=N–C) groups is 1. The summed E-state index contributed by atoms with van der Waals surface area (Å²) >= 11 is 6.81. The van der Waals surface area contributed by atoms with Gasteiger partial charge in [-0.05, 0) is 49.6 Å². The molecule has 0 aliphatic carbocycles. The first-order valence-corrected chi connectivity index (χ1v) is 6.66. The van der Waals surface area contributed by atoms with Crippen LogP contribution in [0, 0.1) is 12.3 Å².